The van der Waals surface area contributed by atoms with Gasteiger partial charge in [-0.2, -0.15) is 23.4 Å². The smallest absolute Gasteiger partial charge is 0.321 e. The van der Waals surface area contributed by atoms with E-state index in [1.165, 1.54) is 29.1 Å². The summed E-state index contributed by atoms with van der Waals surface area (Å²) in [7, 11) is 1.73. The van der Waals surface area contributed by atoms with E-state index in [9.17, 15) is 18.0 Å². The van der Waals surface area contributed by atoms with Gasteiger partial charge in [0.25, 0.3) is 0 Å². The summed E-state index contributed by atoms with van der Waals surface area (Å²) in [4.78, 5) is 12.1. The first-order chi connectivity index (χ1) is 12.3. The molecule has 134 valence electrons. The molecule has 0 spiro atoms. The molecular formula is C17H14F3N5O. The molecule has 0 aliphatic heterocycles. The summed E-state index contributed by atoms with van der Waals surface area (Å²) in [5.41, 5.74) is 0.162. The van der Waals surface area contributed by atoms with Crippen molar-refractivity contribution in [1.82, 2.24) is 19.6 Å². The number of halogens is 3. The SMILES string of the molecule is Cn1cc(/C=C/C(=O)Nc2cc(C(F)(F)F)ccc2-n2cccn2)cn1. The normalized spacial score (nSPS) is 11.8. The Morgan fingerprint density at radius 1 is 1.27 bits per heavy atom. The molecule has 0 unspecified atom stereocenters. The van der Waals surface area contributed by atoms with Crippen LogP contribution >= 0.6 is 0 Å². The van der Waals surface area contributed by atoms with Gasteiger partial charge in [0.15, 0.2) is 0 Å². The molecule has 0 saturated carbocycles. The Kier molecular flexibility index (Phi) is 4.61. The highest BCUT2D eigenvalue weighted by Crippen LogP contribution is 2.33. The van der Waals surface area contributed by atoms with Crippen molar-refractivity contribution < 1.29 is 18.0 Å². The van der Waals surface area contributed by atoms with E-state index in [2.05, 4.69) is 15.5 Å². The highest BCUT2D eigenvalue weighted by atomic mass is 19.4. The molecule has 6 nitrogen and oxygen atoms in total. The molecule has 0 aliphatic rings. The van der Waals surface area contributed by atoms with Gasteiger partial charge in [0.1, 0.15) is 0 Å². The summed E-state index contributed by atoms with van der Waals surface area (Å²) in [5, 5.41) is 10.4. The average Bonchev–Trinajstić information content (AvgIpc) is 3.24. The van der Waals surface area contributed by atoms with Crippen molar-refractivity contribution >= 4 is 17.7 Å². The average molecular weight is 361 g/mol. The third-order valence-electron chi connectivity index (χ3n) is 3.48. The summed E-state index contributed by atoms with van der Waals surface area (Å²) in [5.74, 6) is -0.568. The fraction of sp³-hybridized carbons (Fsp3) is 0.118. The van der Waals surface area contributed by atoms with Gasteiger partial charge in [-0.25, -0.2) is 4.68 Å². The van der Waals surface area contributed by atoms with Crippen LogP contribution in [0.25, 0.3) is 11.8 Å². The van der Waals surface area contributed by atoms with Crippen LogP contribution in [0.4, 0.5) is 18.9 Å². The van der Waals surface area contributed by atoms with Gasteiger partial charge in [-0.3, -0.25) is 9.48 Å². The Morgan fingerprint density at radius 3 is 2.69 bits per heavy atom. The van der Waals surface area contributed by atoms with Crippen molar-refractivity contribution in [1.29, 1.82) is 0 Å². The fourth-order valence-electron chi connectivity index (χ4n) is 2.30. The number of rotatable bonds is 4. The number of benzene rings is 1. The second-order valence-electron chi connectivity index (χ2n) is 5.45. The van der Waals surface area contributed by atoms with Gasteiger partial charge in [-0.05, 0) is 30.3 Å². The van der Waals surface area contributed by atoms with Crippen LogP contribution in [0.1, 0.15) is 11.1 Å². The Morgan fingerprint density at radius 2 is 2.08 bits per heavy atom. The van der Waals surface area contributed by atoms with Crippen LogP contribution < -0.4 is 5.32 Å². The maximum Gasteiger partial charge on any atom is 0.416 e. The summed E-state index contributed by atoms with van der Waals surface area (Å²) in [6.45, 7) is 0. The minimum Gasteiger partial charge on any atom is -0.321 e. The number of hydrogen-bond acceptors (Lipinski definition) is 3. The summed E-state index contributed by atoms with van der Waals surface area (Å²) >= 11 is 0. The highest BCUT2D eigenvalue weighted by molar-refractivity contribution is 6.03. The molecule has 2 aromatic heterocycles. The summed E-state index contributed by atoms with van der Waals surface area (Å²) in [6, 6.07) is 4.72. The minimum atomic E-state index is -4.52. The van der Waals surface area contributed by atoms with Crippen LogP contribution in [0.2, 0.25) is 0 Å². The van der Waals surface area contributed by atoms with Gasteiger partial charge < -0.3 is 5.32 Å². The molecule has 1 amide bonds. The molecule has 1 aromatic carbocycles. The first kappa shape index (κ1) is 17.5. The standard InChI is InChI=1S/C17H14F3N5O/c1-24-11-12(10-22-24)3-6-16(26)23-14-9-13(17(18,19)20)4-5-15(14)25-8-2-7-21-25/h2-11H,1H3,(H,23,26)/b6-3+. The lowest BCUT2D eigenvalue weighted by atomic mass is 10.1. The highest BCUT2D eigenvalue weighted by Gasteiger charge is 2.31. The van der Waals surface area contributed by atoms with E-state index in [0.29, 0.717) is 11.3 Å². The largest absolute Gasteiger partial charge is 0.416 e. The van der Waals surface area contributed by atoms with Crippen molar-refractivity contribution in [2.24, 2.45) is 7.05 Å². The van der Waals surface area contributed by atoms with E-state index in [0.717, 1.165) is 12.1 Å². The zero-order chi connectivity index (χ0) is 18.7. The molecule has 2 heterocycles. The van der Waals surface area contributed by atoms with Crippen LogP contribution in [0, 0.1) is 0 Å². The predicted octanol–water partition coefficient (Wildman–Crippen LogP) is 3.28. The Hall–Kier alpha value is -3.36. The number of alkyl halides is 3. The number of amides is 1. The van der Waals surface area contributed by atoms with Gasteiger partial charge in [0.2, 0.25) is 5.91 Å². The summed E-state index contributed by atoms with van der Waals surface area (Å²) in [6.07, 6.45) is 4.54. The number of aryl methyl sites for hydroxylation is 1. The molecule has 0 saturated heterocycles. The van der Waals surface area contributed by atoms with E-state index in [-0.39, 0.29) is 5.69 Å². The topological polar surface area (TPSA) is 64.7 Å². The van der Waals surface area contributed by atoms with E-state index in [1.54, 1.807) is 36.4 Å². The molecule has 9 heteroatoms. The second kappa shape index (κ2) is 6.87. The fourth-order valence-corrected chi connectivity index (χ4v) is 2.30. The van der Waals surface area contributed by atoms with E-state index >= 15 is 0 Å². The molecule has 1 N–H and O–H groups in total. The zero-order valence-electron chi connectivity index (χ0n) is 13.6. The van der Waals surface area contributed by atoms with Crippen molar-refractivity contribution in [3.8, 4) is 5.69 Å². The van der Waals surface area contributed by atoms with Crippen molar-refractivity contribution in [2.45, 2.75) is 6.18 Å². The Labute approximate surface area is 146 Å². The van der Waals surface area contributed by atoms with Gasteiger partial charge in [0.05, 0.1) is 23.1 Å². The third kappa shape index (κ3) is 4.00. The molecule has 3 rings (SSSR count). The lowest BCUT2D eigenvalue weighted by Crippen LogP contribution is -2.13. The second-order valence-corrected chi connectivity index (χ2v) is 5.45. The number of nitrogens with zero attached hydrogens (tertiary/aromatic N) is 4. The number of carbonyl (C=O) groups is 1. The number of hydrogen-bond donors (Lipinski definition) is 1. The van der Waals surface area contributed by atoms with Gasteiger partial charge in [-0.1, -0.05) is 0 Å². The molecule has 0 aliphatic carbocycles. The van der Waals surface area contributed by atoms with Gasteiger partial charge in [-0.15, -0.1) is 0 Å². The Balaban J connectivity index is 1.88. The van der Waals surface area contributed by atoms with Crippen LogP contribution in [-0.2, 0) is 18.0 Å². The zero-order valence-corrected chi connectivity index (χ0v) is 13.6. The van der Waals surface area contributed by atoms with Gasteiger partial charge in [0, 0.05) is 37.3 Å². The van der Waals surface area contributed by atoms with Crippen molar-refractivity contribution in [3.63, 3.8) is 0 Å². The molecule has 3 aromatic rings. The molecule has 0 bridgehead atoms. The lowest BCUT2D eigenvalue weighted by molar-refractivity contribution is -0.137. The van der Waals surface area contributed by atoms with E-state index < -0.39 is 17.6 Å². The lowest BCUT2D eigenvalue weighted by Gasteiger charge is -2.14. The van der Waals surface area contributed by atoms with Crippen molar-refractivity contribution in [3.05, 3.63) is 66.3 Å². The van der Waals surface area contributed by atoms with Crippen LogP contribution in [0.3, 0.4) is 0 Å². The van der Waals surface area contributed by atoms with Crippen LogP contribution in [-0.4, -0.2) is 25.5 Å². The monoisotopic (exact) mass is 361 g/mol. The number of anilines is 1. The first-order valence-corrected chi connectivity index (χ1v) is 7.52. The van der Waals surface area contributed by atoms with Gasteiger partial charge >= 0.3 is 6.18 Å². The molecule has 0 fully saturated rings. The molecule has 0 radical (unpaired) electrons. The van der Waals surface area contributed by atoms with E-state index in [1.807, 2.05) is 0 Å². The quantitative estimate of drug-likeness (QED) is 0.726. The predicted molar refractivity (Wildman–Crippen MR) is 89.4 cm³/mol. The molecule has 0 atom stereocenters. The number of nitrogens with one attached hydrogen (secondary N) is 1. The van der Waals surface area contributed by atoms with Crippen LogP contribution in [0.15, 0.2) is 55.1 Å². The van der Waals surface area contributed by atoms with Crippen molar-refractivity contribution in [2.75, 3.05) is 5.32 Å². The maximum atomic E-state index is 13.0. The third-order valence-corrected chi connectivity index (χ3v) is 3.48. The summed E-state index contributed by atoms with van der Waals surface area (Å²) < 4.78 is 41.9. The molecule has 26 heavy (non-hydrogen) atoms. The first-order valence-electron chi connectivity index (χ1n) is 7.52. The molecular weight excluding hydrogens is 347 g/mol. The number of aromatic nitrogens is 4. The maximum absolute atomic E-state index is 13.0. The Bertz CT molecular complexity index is 942. The van der Waals surface area contributed by atoms with Crippen LogP contribution in [0.5, 0.6) is 0 Å². The number of carbonyl (C=O) groups excluding carboxylic acids is 1. The van der Waals surface area contributed by atoms with E-state index in [4.69, 9.17) is 0 Å². The minimum absolute atomic E-state index is 0.00404.